The van der Waals surface area contributed by atoms with Gasteiger partial charge in [0.2, 0.25) is 0 Å². The van der Waals surface area contributed by atoms with Crippen LogP contribution in [0.4, 0.5) is 4.39 Å². The Bertz CT molecular complexity index is 624. The standard InChI is InChI=1S/C18H25FN2O3/c1-20-8-3-6-18(17(22)23)7-9-21(12-16(18)20)11-13-4-5-14(19)10-15(13)24-2/h4-5,10,16H,3,6-9,11-12H2,1-2H3,(H,22,23)/t16-,18+/m1/s1. The van der Waals surface area contributed by atoms with Gasteiger partial charge in [0.05, 0.1) is 12.5 Å². The maximum atomic E-state index is 13.4. The zero-order chi connectivity index (χ0) is 17.3. The van der Waals surface area contributed by atoms with Gasteiger partial charge in [-0.05, 0) is 45.5 Å². The van der Waals surface area contributed by atoms with Crippen LogP contribution < -0.4 is 4.74 Å². The first-order valence-corrected chi connectivity index (χ1v) is 8.45. The molecule has 5 nitrogen and oxygen atoms in total. The zero-order valence-electron chi connectivity index (χ0n) is 14.3. The fraction of sp³-hybridized carbons (Fsp3) is 0.611. The topological polar surface area (TPSA) is 53.0 Å². The van der Waals surface area contributed by atoms with Crippen molar-refractivity contribution in [3.8, 4) is 5.75 Å². The highest BCUT2D eigenvalue weighted by atomic mass is 19.1. The number of carboxylic acid groups (broad SMARTS) is 1. The van der Waals surface area contributed by atoms with Crippen molar-refractivity contribution in [2.45, 2.75) is 31.8 Å². The summed E-state index contributed by atoms with van der Waals surface area (Å²) < 4.78 is 18.6. The van der Waals surface area contributed by atoms with Gasteiger partial charge in [-0.2, -0.15) is 0 Å². The molecule has 0 aliphatic carbocycles. The lowest BCUT2D eigenvalue weighted by Gasteiger charge is -2.51. The Morgan fingerprint density at radius 1 is 1.42 bits per heavy atom. The minimum Gasteiger partial charge on any atom is -0.496 e. The summed E-state index contributed by atoms with van der Waals surface area (Å²) in [7, 11) is 3.56. The predicted octanol–water partition coefficient (Wildman–Crippen LogP) is 2.21. The molecule has 0 spiro atoms. The maximum absolute atomic E-state index is 13.4. The number of carbonyl (C=O) groups is 1. The number of nitrogens with zero attached hydrogens (tertiary/aromatic N) is 2. The summed E-state index contributed by atoms with van der Waals surface area (Å²) in [4.78, 5) is 16.4. The molecular weight excluding hydrogens is 311 g/mol. The van der Waals surface area contributed by atoms with Crippen LogP contribution in [0, 0.1) is 11.2 Å². The molecule has 2 heterocycles. The van der Waals surface area contributed by atoms with Gasteiger partial charge in [0.15, 0.2) is 0 Å². The molecule has 132 valence electrons. The number of likely N-dealkylation sites (tertiary alicyclic amines) is 2. The Hall–Kier alpha value is -1.66. The summed E-state index contributed by atoms with van der Waals surface area (Å²) in [6, 6.07) is 4.60. The van der Waals surface area contributed by atoms with Crippen LogP contribution in [0.25, 0.3) is 0 Å². The lowest BCUT2D eigenvalue weighted by molar-refractivity contribution is -0.162. The van der Waals surface area contributed by atoms with Gasteiger partial charge in [0, 0.05) is 30.8 Å². The normalized spacial score (nSPS) is 28.4. The van der Waals surface area contributed by atoms with Crippen LogP contribution in [0.15, 0.2) is 18.2 Å². The lowest BCUT2D eigenvalue weighted by Crippen LogP contribution is -2.62. The monoisotopic (exact) mass is 336 g/mol. The molecule has 0 amide bonds. The van der Waals surface area contributed by atoms with Crippen molar-refractivity contribution < 1.29 is 19.0 Å². The molecule has 2 aliphatic rings. The number of aliphatic carboxylic acids is 1. The molecule has 6 heteroatoms. The minimum absolute atomic E-state index is 0.0175. The van der Waals surface area contributed by atoms with Crippen LogP contribution >= 0.6 is 0 Å². The van der Waals surface area contributed by atoms with Crippen LogP contribution in [0.2, 0.25) is 0 Å². The molecule has 0 aromatic heterocycles. The van der Waals surface area contributed by atoms with Crippen LogP contribution in [0.5, 0.6) is 5.75 Å². The molecule has 2 aliphatic heterocycles. The highest BCUT2D eigenvalue weighted by Gasteiger charge is 2.52. The second kappa shape index (κ2) is 6.69. The van der Waals surface area contributed by atoms with Gasteiger partial charge in [0.25, 0.3) is 0 Å². The summed E-state index contributed by atoms with van der Waals surface area (Å²) in [5.74, 6) is -0.439. The first-order chi connectivity index (χ1) is 11.5. The van der Waals surface area contributed by atoms with Crippen LogP contribution in [0.1, 0.15) is 24.8 Å². The van der Waals surface area contributed by atoms with Gasteiger partial charge in [-0.15, -0.1) is 0 Å². The number of halogens is 1. The molecule has 2 saturated heterocycles. The Labute approximate surface area is 142 Å². The van der Waals surface area contributed by atoms with E-state index in [1.54, 1.807) is 13.2 Å². The Balaban J connectivity index is 1.78. The summed E-state index contributed by atoms with van der Waals surface area (Å²) in [6.07, 6.45) is 2.34. The van der Waals surface area contributed by atoms with Crippen molar-refractivity contribution in [2.24, 2.45) is 5.41 Å². The molecule has 0 saturated carbocycles. The van der Waals surface area contributed by atoms with Crippen molar-refractivity contribution in [3.63, 3.8) is 0 Å². The highest BCUT2D eigenvalue weighted by Crippen LogP contribution is 2.42. The Morgan fingerprint density at radius 3 is 2.92 bits per heavy atom. The first-order valence-electron chi connectivity index (χ1n) is 8.45. The fourth-order valence-corrected chi connectivity index (χ4v) is 4.28. The zero-order valence-corrected chi connectivity index (χ0v) is 14.3. The van der Waals surface area contributed by atoms with E-state index in [0.29, 0.717) is 25.3 Å². The van der Waals surface area contributed by atoms with Crippen molar-refractivity contribution in [1.82, 2.24) is 9.80 Å². The van der Waals surface area contributed by atoms with Gasteiger partial charge in [-0.1, -0.05) is 6.07 Å². The number of carboxylic acids is 1. The molecule has 0 radical (unpaired) electrons. The summed E-state index contributed by atoms with van der Waals surface area (Å²) >= 11 is 0. The molecule has 3 rings (SSSR count). The van der Waals surface area contributed by atoms with Crippen molar-refractivity contribution in [2.75, 3.05) is 33.8 Å². The third-order valence-electron chi connectivity index (χ3n) is 5.68. The SMILES string of the molecule is COc1cc(F)ccc1CN1CC[C@@]2(C(=O)O)CCCN(C)[C@@H]2C1. The second-order valence-electron chi connectivity index (χ2n) is 7.00. The van der Waals surface area contributed by atoms with Crippen molar-refractivity contribution in [3.05, 3.63) is 29.6 Å². The maximum Gasteiger partial charge on any atom is 0.311 e. The van der Waals surface area contributed by atoms with Crippen LogP contribution in [-0.2, 0) is 11.3 Å². The first kappa shape index (κ1) is 17.2. The van der Waals surface area contributed by atoms with E-state index in [9.17, 15) is 14.3 Å². The number of methoxy groups -OCH3 is 1. The molecule has 2 fully saturated rings. The predicted molar refractivity (Wildman–Crippen MR) is 88.6 cm³/mol. The van der Waals surface area contributed by atoms with E-state index >= 15 is 0 Å². The van der Waals surface area contributed by atoms with Crippen LogP contribution in [0.3, 0.4) is 0 Å². The highest BCUT2D eigenvalue weighted by molar-refractivity contribution is 5.76. The van der Waals surface area contributed by atoms with E-state index in [1.807, 2.05) is 7.05 Å². The van der Waals surface area contributed by atoms with E-state index in [1.165, 1.54) is 12.1 Å². The number of fused-ring (bicyclic) bond motifs is 1. The average Bonchev–Trinajstić information content (AvgIpc) is 2.57. The minimum atomic E-state index is -0.668. The molecule has 1 aromatic carbocycles. The number of rotatable bonds is 4. The molecule has 0 unspecified atom stereocenters. The molecule has 1 aromatic rings. The van der Waals surface area contributed by atoms with Gasteiger partial charge < -0.3 is 14.7 Å². The van der Waals surface area contributed by atoms with Gasteiger partial charge >= 0.3 is 5.97 Å². The third kappa shape index (κ3) is 3.00. The van der Waals surface area contributed by atoms with Gasteiger partial charge in [0.1, 0.15) is 11.6 Å². The fourth-order valence-electron chi connectivity index (χ4n) is 4.28. The number of benzene rings is 1. The molecular formula is C18H25FN2O3. The van der Waals surface area contributed by atoms with Crippen molar-refractivity contribution in [1.29, 1.82) is 0 Å². The van der Waals surface area contributed by atoms with Crippen LogP contribution in [-0.4, -0.2) is 60.7 Å². The smallest absolute Gasteiger partial charge is 0.311 e. The van der Waals surface area contributed by atoms with E-state index < -0.39 is 11.4 Å². The molecule has 24 heavy (non-hydrogen) atoms. The van der Waals surface area contributed by atoms with E-state index in [4.69, 9.17) is 4.74 Å². The van der Waals surface area contributed by atoms with Gasteiger partial charge in [-0.25, -0.2) is 4.39 Å². The number of ether oxygens (including phenoxy) is 1. The quantitative estimate of drug-likeness (QED) is 0.914. The largest absolute Gasteiger partial charge is 0.496 e. The summed E-state index contributed by atoms with van der Waals surface area (Å²) in [5, 5.41) is 9.82. The number of hydrogen-bond donors (Lipinski definition) is 1. The third-order valence-corrected chi connectivity index (χ3v) is 5.68. The lowest BCUT2D eigenvalue weighted by atomic mass is 9.68. The molecule has 2 atom stereocenters. The number of piperidine rings is 2. The van der Waals surface area contributed by atoms with Crippen molar-refractivity contribution >= 4 is 5.97 Å². The Kier molecular flexibility index (Phi) is 4.78. The van der Waals surface area contributed by atoms with E-state index in [0.717, 1.165) is 31.5 Å². The summed E-state index contributed by atoms with van der Waals surface area (Å²) in [5.41, 5.74) is 0.302. The molecule has 1 N–H and O–H groups in total. The van der Waals surface area contributed by atoms with Gasteiger partial charge in [-0.3, -0.25) is 9.69 Å². The number of hydrogen-bond acceptors (Lipinski definition) is 4. The summed E-state index contributed by atoms with van der Waals surface area (Å²) in [6.45, 7) is 3.03. The molecule has 0 bridgehead atoms. The van der Waals surface area contributed by atoms with E-state index in [-0.39, 0.29) is 11.9 Å². The Morgan fingerprint density at radius 2 is 2.21 bits per heavy atom. The number of likely N-dealkylation sites (N-methyl/N-ethyl adjacent to an activating group) is 1. The second-order valence-corrected chi connectivity index (χ2v) is 7.00. The van der Waals surface area contributed by atoms with E-state index in [2.05, 4.69) is 9.80 Å². The average molecular weight is 336 g/mol.